The largest absolute Gasteiger partial charge is 0.426 e. The normalized spacial score (nSPS) is 10.2. The zero-order valence-electron chi connectivity index (χ0n) is 10.7. The molecule has 0 N–H and O–H groups in total. The van der Waals surface area contributed by atoms with Gasteiger partial charge in [-0.15, -0.1) is 0 Å². The maximum Gasteiger partial charge on any atom is 0.310 e. The van der Waals surface area contributed by atoms with Crippen molar-refractivity contribution >= 4 is 21.9 Å². The predicted molar refractivity (Wildman–Crippen MR) is 80.4 cm³/mol. The Morgan fingerprint density at radius 2 is 1.79 bits per heavy atom. The number of esters is 1. The van der Waals surface area contributed by atoms with Crippen LogP contribution in [0.5, 0.6) is 5.75 Å². The van der Waals surface area contributed by atoms with Crippen LogP contribution in [0.25, 0.3) is 11.1 Å². The van der Waals surface area contributed by atoms with Gasteiger partial charge < -0.3 is 4.74 Å². The van der Waals surface area contributed by atoms with Crippen molar-refractivity contribution in [3.8, 4) is 16.9 Å². The van der Waals surface area contributed by atoms with Crippen LogP contribution in [-0.4, -0.2) is 5.97 Å². The lowest BCUT2D eigenvalue weighted by molar-refractivity contribution is -0.133. The molecule has 0 unspecified atom stereocenters. The van der Waals surface area contributed by atoms with Crippen LogP contribution in [0.2, 0.25) is 0 Å². The van der Waals surface area contributed by atoms with Crippen LogP contribution in [0.15, 0.2) is 48.5 Å². The fraction of sp³-hybridized carbons (Fsp3) is 0.188. The van der Waals surface area contributed by atoms with Gasteiger partial charge in [-0.05, 0) is 17.2 Å². The molecule has 0 fully saturated rings. The highest BCUT2D eigenvalue weighted by Gasteiger charge is 2.08. The molecule has 2 aromatic carbocycles. The quantitative estimate of drug-likeness (QED) is 0.469. The van der Waals surface area contributed by atoms with Gasteiger partial charge in [0.1, 0.15) is 5.75 Å². The van der Waals surface area contributed by atoms with Gasteiger partial charge in [-0.3, -0.25) is 4.79 Å². The van der Waals surface area contributed by atoms with E-state index in [1.165, 1.54) is 5.56 Å². The van der Waals surface area contributed by atoms with Crippen molar-refractivity contribution in [2.24, 2.45) is 0 Å². The van der Waals surface area contributed by atoms with Gasteiger partial charge in [0.15, 0.2) is 0 Å². The molecule has 2 aromatic rings. The molecule has 0 aliphatic carbocycles. The van der Waals surface area contributed by atoms with E-state index < -0.39 is 0 Å². The predicted octanol–water partition coefficient (Wildman–Crippen LogP) is 4.56. The van der Waals surface area contributed by atoms with Gasteiger partial charge in [0.25, 0.3) is 0 Å². The van der Waals surface area contributed by atoms with Crippen LogP contribution >= 0.6 is 15.9 Å². The summed E-state index contributed by atoms with van der Waals surface area (Å²) in [5.41, 5.74) is 3.20. The minimum Gasteiger partial charge on any atom is -0.426 e. The summed E-state index contributed by atoms with van der Waals surface area (Å²) in [5.74, 6) is 0.394. The van der Waals surface area contributed by atoms with Crippen molar-refractivity contribution in [3.63, 3.8) is 0 Å². The second-order valence-corrected chi connectivity index (χ2v) is 4.72. The van der Waals surface area contributed by atoms with Crippen molar-refractivity contribution in [1.29, 1.82) is 0 Å². The van der Waals surface area contributed by atoms with Crippen LogP contribution in [0.4, 0.5) is 0 Å². The number of halogens is 1. The zero-order chi connectivity index (χ0) is 13.7. The summed E-state index contributed by atoms with van der Waals surface area (Å²) in [4.78, 5) is 11.4. The van der Waals surface area contributed by atoms with Crippen LogP contribution in [0, 0.1) is 0 Å². The first kappa shape index (κ1) is 13.8. The van der Waals surface area contributed by atoms with Crippen molar-refractivity contribution in [2.75, 3.05) is 0 Å². The average molecular weight is 319 g/mol. The molecule has 0 bridgehead atoms. The van der Waals surface area contributed by atoms with Gasteiger partial charge in [0.05, 0.1) is 0 Å². The van der Waals surface area contributed by atoms with Crippen molar-refractivity contribution < 1.29 is 9.53 Å². The van der Waals surface area contributed by atoms with Crippen LogP contribution in [0.3, 0.4) is 0 Å². The molecule has 2 rings (SSSR count). The Labute approximate surface area is 121 Å². The van der Waals surface area contributed by atoms with E-state index in [0.717, 1.165) is 16.5 Å². The lowest BCUT2D eigenvalue weighted by Crippen LogP contribution is -2.06. The Balaban J connectivity index is 2.35. The van der Waals surface area contributed by atoms with E-state index in [1.807, 2.05) is 36.4 Å². The fourth-order valence-corrected chi connectivity index (χ4v) is 2.14. The van der Waals surface area contributed by atoms with Gasteiger partial charge in [0.2, 0.25) is 0 Å². The van der Waals surface area contributed by atoms with Crippen LogP contribution < -0.4 is 4.74 Å². The molecule has 3 heteroatoms. The number of hydrogen-bond acceptors (Lipinski definition) is 2. The second-order valence-electron chi connectivity index (χ2n) is 4.15. The number of benzene rings is 2. The van der Waals surface area contributed by atoms with Gasteiger partial charge in [-0.25, -0.2) is 0 Å². The lowest BCUT2D eigenvalue weighted by atomic mass is 10.0. The monoisotopic (exact) mass is 318 g/mol. The highest BCUT2D eigenvalue weighted by atomic mass is 79.9. The molecule has 0 atom stereocenters. The molecular weight excluding hydrogens is 304 g/mol. The molecule has 19 heavy (non-hydrogen) atoms. The van der Waals surface area contributed by atoms with Gasteiger partial charge >= 0.3 is 5.97 Å². The van der Waals surface area contributed by atoms with E-state index in [1.54, 1.807) is 6.92 Å². The molecule has 0 aromatic heterocycles. The highest BCUT2D eigenvalue weighted by molar-refractivity contribution is 9.08. The molecule has 0 amide bonds. The second kappa shape index (κ2) is 6.53. The number of para-hydroxylation sites is 1. The SMILES string of the molecule is CCC(=O)Oc1ccccc1-c1ccc(CBr)cc1. The van der Waals surface area contributed by atoms with E-state index >= 15 is 0 Å². The molecule has 0 saturated heterocycles. The minimum absolute atomic E-state index is 0.218. The molecule has 2 nitrogen and oxygen atoms in total. The van der Waals surface area contributed by atoms with Crippen LogP contribution in [-0.2, 0) is 10.1 Å². The van der Waals surface area contributed by atoms with E-state index in [2.05, 4.69) is 28.1 Å². The Kier molecular flexibility index (Phi) is 4.74. The average Bonchev–Trinajstić information content (AvgIpc) is 2.48. The summed E-state index contributed by atoms with van der Waals surface area (Å²) >= 11 is 3.43. The molecule has 98 valence electrons. The Morgan fingerprint density at radius 1 is 1.11 bits per heavy atom. The molecule has 0 aliphatic rings. The first-order chi connectivity index (χ1) is 9.24. The van der Waals surface area contributed by atoms with E-state index in [9.17, 15) is 4.79 Å². The number of alkyl halides is 1. The number of hydrogen-bond donors (Lipinski definition) is 0. The van der Waals surface area contributed by atoms with Crippen LogP contribution in [0.1, 0.15) is 18.9 Å². The third-order valence-electron chi connectivity index (χ3n) is 2.82. The van der Waals surface area contributed by atoms with Gasteiger partial charge in [-0.1, -0.05) is 65.3 Å². The first-order valence-corrected chi connectivity index (χ1v) is 7.31. The maximum absolute atomic E-state index is 11.4. The molecule has 0 radical (unpaired) electrons. The summed E-state index contributed by atoms with van der Waals surface area (Å²) in [6, 6.07) is 15.8. The summed E-state index contributed by atoms with van der Waals surface area (Å²) in [6.45, 7) is 1.79. The summed E-state index contributed by atoms with van der Waals surface area (Å²) in [6.07, 6.45) is 0.372. The topological polar surface area (TPSA) is 26.3 Å². The summed E-state index contributed by atoms with van der Waals surface area (Å²) in [7, 11) is 0. The van der Waals surface area contributed by atoms with E-state index in [4.69, 9.17) is 4.74 Å². The Morgan fingerprint density at radius 3 is 2.42 bits per heavy atom. The molecular formula is C16H15BrO2. The zero-order valence-corrected chi connectivity index (χ0v) is 12.3. The highest BCUT2D eigenvalue weighted by Crippen LogP contribution is 2.30. The Hall–Kier alpha value is -1.61. The number of carbonyl (C=O) groups is 1. The number of carbonyl (C=O) groups excluding carboxylic acids is 1. The van der Waals surface area contributed by atoms with E-state index in [-0.39, 0.29) is 5.97 Å². The molecule has 0 spiro atoms. The third kappa shape index (κ3) is 3.44. The van der Waals surface area contributed by atoms with E-state index in [0.29, 0.717) is 12.2 Å². The smallest absolute Gasteiger partial charge is 0.310 e. The lowest BCUT2D eigenvalue weighted by Gasteiger charge is -2.10. The van der Waals surface area contributed by atoms with Crippen molar-refractivity contribution in [3.05, 3.63) is 54.1 Å². The van der Waals surface area contributed by atoms with Gasteiger partial charge in [0, 0.05) is 17.3 Å². The van der Waals surface area contributed by atoms with Gasteiger partial charge in [-0.2, -0.15) is 0 Å². The Bertz CT molecular complexity index is 561. The minimum atomic E-state index is -0.218. The van der Waals surface area contributed by atoms with Crippen molar-refractivity contribution in [1.82, 2.24) is 0 Å². The molecule has 0 saturated carbocycles. The summed E-state index contributed by atoms with van der Waals surface area (Å²) < 4.78 is 5.36. The molecule has 0 aliphatic heterocycles. The summed E-state index contributed by atoms with van der Waals surface area (Å²) in [5, 5.41) is 0.833. The number of ether oxygens (including phenoxy) is 1. The number of rotatable bonds is 4. The standard InChI is InChI=1S/C16H15BrO2/c1-2-16(18)19-15-6-4-3-5-14(15)13-9-7-12(11-17)8-10-13/h3-10H,2,11H2,1H3. The van der Waals surface area contributed by atoms with Crippen molar-refractivity contribution in [2.45, 2.75) is 18.7 Å². The fourth-order valence-electron chi connectivity index (χ4n) is 1.76. The first-order valence-electron chi connectivity index (χ1n) is 6.19. The maximum atomic E-state index is 11.4. The third-order valence-corrected chi connectivity index (χ3v) is 3.47. The molecule has 0 heterocycles.